The van der Waals surface area contributed by atoms with Gasteiger partial charge in [0, 0.05) is 51.4 Å². The van der Waals surface area contributed by atoms with E-state index in [0.29, 0.717) is 0 Å². The molecule has 0 saturated carbocycles. The Morgan fingerprint density at radius 3 is 0.917 bits per heavy atom. The second-order valence-corrected chi connectivity index (χ2v) is 6.48. The Hall–Kier alpha value is 1.75. The average Bonchev–Trinajstić information content (AvgIpc) is 1.84. The van der Waals surface area contributed by atoms with Gasteiger partial charge in [0.2, 0.25) is 0 Å². The Kier molecular flexibility index (Phi) is 8.46. The molecule has 0 aliphatic rings. The fraction of sp³-hybridized carbons (Fsp3) is 1.00. The maximum absolute atomic E-state index is 12.1. The van der Waals surface area contributed by atoms with Gasteiger partial charge >= 0.3 is 0 Å². The molecule has 0 aromatic heterocycles. The summed E-state index contributed by atoms with van der Waals surface area (Å²) < 4.78 is 17.3. The topological polar surface area (TPSA) is 26.8 Å². The Morgan fingerprint density at radius 1 is 0.750 bits per heavy atom. The van der Waals surface area contributed by atoms with Gasteiger partial charge in [-0.3, -0.25) is 4.57 Å². The van der Waals surface area contributed by atoms with E-state index in [-0.39, 0.29) is 51.4 Å². The van der Waals surface area contributed by atoms with Gasteiger partial charge in [0.15, 0.2) is 0 Å². The first-order chi connectivity index (χ1) is 4.83. The van der Waals surface area contributed by atoms with Crippen LogP contribution in [0.1, 0.15) is 0 Å². The molecule has 0 aliphatic carbocycles. The monoisotopic (exact) mass is 218 g/mol. The minimum absolute atomic E-state index is 0. The predicted molar refractivity (Wildman–Crippen MR) is 54.4 cm³/mol. The maximum Gasteiger partial charge on any atom is 0.285 e. The molecule has 0 bridgehead atoms. The first kappa shape index (κ1) is 16.2. The molecular weight excluding hydrogens is 200 g/mol. The van der Waals surface area contributed by atoms with Crippen molar-refractivity contribution in [1.82, 2.24) is 14.0 Å². The predicted octanol–water partition coefficient (Wildman–Crippen LogP) is 0.398. The summed E-state index contributed by atoms with van der Waals surface area (Å²) >= 11 is 0. The Bertz CT molecular complexity index is 144. The van der Waals surface area contributed by atoms with Gasteiger partial charge in [0.25, 0.3) is 7.59 Å². The van der Waals surface area contributed by atoms with Crippen molar-refractivity contribution in [3.63, 3.8) is 0 Å². The van der Waals surface area contributed by atoms with E-state index in [2.05, 4.69) is 0 Å². The maximum atomic E-state index is 12.1. The summed E-state index contributed by atoms with van der Waals surface area (Å²) in [6.07, 6.45) is 0. The van der Waals surface area contributed by atoms with Gasteiger partial charge in [-0.25, -0.2) is 14.0 Å². The molecule has 0 N–H and O–H groups in total. The van der Waals surface area contributed by atoms with Crippen LogP contribution in [-0.4, -0.2) is 108 Å². The molecule has 0 fully saturated rings. The molecule has 0 saturated heterocycles. The summed E-state index contributed by atoms with van der Waals surface area (Å²) in [4.78, 5) is 0. The van der Waals surface area contributed by atoms with Gasteiger partial charge in [-0.15, -0.1) is 0 Å². The van der Waals surface area contributed by atoms with Gasteiger partial charge in [0.1, 0.15) is 0 Å². The standard InChI is InChI=1S/C6H18N3OP.K/c1-7(2)11(10,8(3)4)9(5)6;/h1-6H3;. The minimum Gasteiger partial charge on any atom is -0.270 e. The van der Waals surface area contributed by atoms with E-state index in [1.54, 1.807) is 14.0 Å². The largest absolute Gasteiger partial charge is 0.285 e. The Morgan fingerprint density at radius 2 is 0.917 bits per heavy atom. The Balaban J connectivity index is 0. The third-order valence-corrected chi connectivity index (χ3v) is 4.69. The van der Waals surface area contributed by atoms with Crippen molar-refractivity contribution in [2.45, 2.75) is 0 Å². The Labute approximate surface area is 118 Å². The van der Waals surface area contributed by atoms with Crippen LogP contribution in [0.5, 0.6) is 0 Å². The number of nitrogens with zero attached hydrogens (tertiary/aromatic N) is 3. The fourth-order valence-corrected chi connectivity index (χ4v) is 3.22. The zero-order chi connectivity index (χ0) is 9.23. The van der Waals surface area contributed by atoms with Gasteiger partial charge in [-0.2, -0.15) is 0 Å². The summed E-state index contributed by atoms with van der Waals surface area (Å²) in [5, 5.41) is 0. The SMILES string of the molecule is CN(C)P(=O)(N(C)C)N(C)C.[K]. The third kappa shape index (κ3) is 3.48. The molecule has 12 heavy (non-hydrogen) atoms. The van der Waals surface area contributed by atoms with Crippen molar-refractivity contribution in [2.24, 2.45) is 0 Å². The molecule has 1 radical (unpaired) electrons. The number of hydrogen-bond acceptors (Lipinski definition) is 1. The molecular formula is C6H18KN3OP. The molecule has 0 atom stereocenters. The summed E-state index contributed by atoms with van der Waals surface area (Å²) in [6.45, 7) is 0. The second-order valence-electron chi connectivity index (χ2n) is 3.05. The molecule has 0 aromatic rings. The summed E-state index contributed by atoms with van der Waals surface area (Å²) in [5.41, 5.74) is 0. The molecule has 69 valence electrons. The van der Waals surface area contributed by atoms with Crippen LogP contribution in [0.15, 0.2) is 0 Å². The molecule has 0 unspecified atom stereocenters. The van der Waals surface area contributed by atoms with Crippen LogP contribution in [0.4, 0.5) is 0 Å². The molecule has 0 aliphatic heterocycles. The van der Waals surface area contributed by atoms with Gasteiger partial charge in [-0.05, 0) is 42.3 Å². The van der Waals surface area contributed by atoms with Gasteiger partial charge in [0.05, 0.1) is 0 Å². The van der Waals surface area contributed by atoms with Crippen LogP contribution in [0, 0.1) is 0 Å². The number of hydrogen-bond donors (Lipinski definition) is 0. The molecule has 0 amide bonds. The first-order valence-electron chi connectivity index (χ1n) is 3.47. The zero-order valence-electron chi connectivity index (χ0n) is 9.20. The quantitative estimate of drug-likeness (QED) is 0.506. The van der Waals surface area contributed by atoms with Crippen LogP contribution in [0.2, 0.25) is 0 Å². The van der Waals surface area contributed by atoms with Crippen molar-refractivity contribution in [3.8, 4) is 0 Å². The van der Waals surface area contributed by atoms with E-state index < -0.39 is 7.59 Å². The molecule has 0 aromatic carbocycles. The molecule has 4 nitrogen and oxygen atoms in total. The van der Waals surface area contributed by atoms with Crippen molar-refractivity contribution in [3.05, 3.63) is 0 Å². The van der Waals surface area contributed by atoms with E-state index in [9.17, 15) is 4.57 Å². The normalized spacial score (nSPS) is 12.4. The van der Waals surface area contributed by atoms with Crippen LogP contribution < -0.4 is 0 Å². The van der Waals surface area contributed by atoms with Crippen molar-refractivity contribution >= 4 is 59.0 Å². The number of rotatable bonds is 3. The van der Waals surface area contributed by atoms with E-state index in [4.69, 9.17) is 0 Å². The zero-order valence-corrected chi connectivity index (χ0v) is 13.2. The average molecular weight is 218 g/mol. The molecule has 0 rings (SSSR count). The second kappa shape index (κ2) is 6.27. The van der Waals surface area contributed by atoms with E-state index >= 15 is 0 Å². The van der Waals surface area contributed by atoms with E-state index in [1.165, 1.54) is 0 Å². The summed E-state index contributed by atoms with van der Waals surface area (Å²) in [5.74, 6) is 0. The summed E-state index contributed by atoms with van der Waals surface area (Å²) in [7, 11) is 8.49. The van der Waals surface area contributed by atoms with Crippen molar-refractivity contribution in [1.29, 1.82) is 0 Å². The third-order valence-electron chi connectivity index (χ3n) is 1.56. The fourth-order valence-electron chi connectivity index (χ4n) is 1.07. The smallest absolute Gasteiger partial charge is 0.270 e. The molecule has 6 heteroatoms. The van der Waals surface area contributed by atoms with Crippen molar-refractivity contribution < 1.29 is 4.57 Å². The van der Waals surface area contributed by atoms with E-state index in [0.717, 1.165) is 0 Å². The first-order valence-corrected chi connectivity index (χ1v) is 5.03. The van der Waals surface area contributed by atoms with Crippen LogP contribution >= 0.6 is 7.59 Å². The van der Waals surface area contributed by atoms with Crippen LogP contribution in [0.3, 0.4) is 0 Å². The summed E-state index contributed by atoms with van der Waals surface area (Å²) in [6, 6.07) is 0. The van der Waals surface area contributed by atoms with Crippen molar-refractivity contribution in [2.75, 3.05) is 42.3 Å². The van der Waals surface area contributed by atoms with Crippen LogP contribution in [-0.2, 0) is 4.57 Å². The van der Waals surface area contributed by atoms with E-state index in [1.807, 2.05) is 42.3 Å². The van der Waals surface area contributed by atoms with Crippen LogP contribution in [0.25, 0.3) is 0 Å². The molecule has 0 spiro atoms. The van der Waals surface area contributed by atoms with Gasteiger partial charge < -0.3 is 0 Å². The minimum atomic E-state index is -2.44. The van der Waals surface area contributed by atoms with Gasteiger partial charge in [-0.1, -0.05) is 0 Å². The molecule has 0 heterocycles.